The van der Waals surface area contributed by atoms with Gasteiger partial charge < -0.3 is 14.5 Å². The Morgan fingerprint density at radius 3 is 2.59 bits per heavy atom. The highest BCUT2D eigenvalue weighted by atomic mass is 16.5. The lowest BCUT2D eigenvalue weighted by molar-refractivity contribution is -0.124. The van der Waals surface area contributed by atoms with Gasteiger partial charge in [0.15, 0.2) is 12.4 Å². The summed E-state index contributed by atoms with van der Waals surface area (Å²) in [6, 6.07) is 14.8. The van der Waals surface area contributed by atoms with E-state index in [0.29, 0.717) is 22.8 Å². The van der Waals surface area contributed by atoms with Gasteiger partial charge in [0.05, 0.1) is 17.3 Å². The van der Waals surface area contributed by atoms with Crippen LogP contribution in [0.2, 0.25) is 0 Å². The Bertz CT molecular complexity index is 992. The smallest absolute Gasteiger partial charge is 0.339 e. The first-order chi connectivity index (χ1) is 14.0. The van der Waals surface area contributed by atoms with Gasteiger partial charge in [0.1, 0.15) is 0 Å². The van der Waals surface area contributed by atoms with Gasteiger partial charge in [-0.05, 0) is 32.4 Å². The van der Waals surface area contributed by atoms with E-state index in [4.69, 9.17) is 9.15 Å². The molecule has 1 N–H and O–H groups in total. The molecule has 2 aromatic carbocycles. The molecule has 1 heterocycles. The van der Waals surface area contributed by atoms with Gasteiger partial charge in [0.2, 0.25) is 5.89 Å². The lowest BCUT2D eigenvalue weighted by Crippen LogP contribution is -2.35. The molecular weight excluding hydrogens is 368 g/mol. The number of oxazole rings is 1. The minimum Gasteiger partial charge on any atom is -0.452 e. The van der Waals surface area contributed by atoms with Crippen LogP contribution in [0.5, 0.6) is 0 Å². The molecule has 0 spiro atoms. The molecule has 0 fully saturated rings. The van der Waals surface area contributed by atoms with Crippen molar-refractivity contribution in [1.29, 1.82) is 0 Å². The van der Waals surface area contributed by atoms with E-state index in [1.165, 1.54) is 0 Å². The molecule has 0 radical (unpaired) electrons. The minimum atomic E-state index is -0.602. The quantitative estimate of drug-likeness (QED) is 0.603. The van der Waals surface area contributed by atoms with Crippen molar-refractivity contribution in [3.05, 3.63) is 65.9 Å². The van der Waals surface area contributed by atoms with E-state index in [9.17, 15) is 9.59 Å². The van der Waals surface area contributed by atoms with Crippen LogP contribution in [-0.4, -0.2) is 29.5 Å². The molecule has 6 nitrogen and oxygen atoms in total. The first kappa shape index (κ1) is 20.3. The standard InChI is InChI=1S/C23H24N2O4/c1-4-16(3)25-21(26)14-28-23(27)19-8-6-5-7-18(19)22-24-13-20(29-22)17-11-9-15(2)10-12-17/h5-13,16H,4,14H2,1-3H3,(H,25,26)/t16-/m0/s1. The van der Waals surface area contributed by atoms with Gasteiger partial charge in [-0.15, -0.1) is 0 Å². The third-order valence-corrected chi connectivity index (χ3v) is 4.57. The van der Waals surface area contributed by atoms with E-state index < -0.39 is 5.97 Å². The fourth-order valence-corrected chi connectivity index (χ4v) is 2.72. The van der Waals surface area contributed by atoms with Crippen LogP contribution >= 0.6 is 0 Å². The minimum absolute atomic E-state index is 0.0287. The maximum absolute atomic E-state index is 12.5. The lowest BCUT2D eigenvalue weighted by Gasteiger charge is -2.12. The zero-order valence-corrected chi connectivity index (χ0v) is 16.8. The second-order valence-corrected chi connectivity index (χ2v) is 6.89. The van der Waals surface area contributed by atoms with E-state index in [-0.39, 0.29) is 18.6 Å². The van der Waals surface area contributed by atoms with Crippen LogP contribution < -0.4 is 5.32 Å². The topological polar surface area (TPSA) is 81.4 Å². The summed E-state index contributed by atoms with van der Waals surface area (Å²) < 4.78 is 11.1. The number of esters is 1. The van der Waals surface area contributed by atoms with E-state index >= 15 is 0 Å². The summed E-state index contributed by atoms with van der Waals surface area (Å²) in [6.45, 7) is 5.54. The number of nitrogens with one attached hydrogen (secondary N) is 1. The average molecular weight is 392 g/mol. The van der Waals surface area contributed by atoms with Gasteiger partial charge in [-0.1, -0.05) is 48.9 Å². The van der Waals surface area contributed by atoms with Gasteiger partial charge in [-0.3, -0.25) is 4.79 Å². The van der Waals surface area contributed by atoms with Crippen molar-refractivity contribution in [1.82, 2.24) is 10.3 Å². The van der Waals surface area contributed by atoms with E-state index in [2.05, 4.69) is 10.3 Å². The summed E-state index contributed by atoms with van der Waals surface area (Å²) >= 11 is 0. The molecule has 3 aromatic rings. The molecule has 0 aliphatic heterocycles. The number of amides is 1. The van der Waals surface area contributed by atoms with Crippen molar-refractivity contribution in [3.63, 3.8) is 0 Å². The highest BCUT2D eigenvalue weighted by Gasteiger charge is 2.19. The van der Waals surface area contributed by atoms with Gasteiger partial charge in [0, 0.05) is 11.6 Å². The average Bonchev–Trinajstić information content (AvgIpc) is 3.22. The Kier molecular flexibility index (Phi) is 6.44. The summed E-state index contributed by atoms with van der Waals surface area (Å²) in [5.74, 6) is -0.00812. The van der Waals surface area contributed by atoms with Crippen molar-refractivity contribution >= 4 is 11.9 Å². The van der Waals surface area contributed by atoms with E-state index in [1.807, 2.05) is 45.0 Å². The molecule has 0 saturated carbocycles. The predicted molar refractivity (Wildman–Crippen MR) is 110 cm³/mol. The lowest BCUT2D eigenvalue weighted by atomic mass is 10.1. The third kappa shape index (κ3) is 5.10. The van der Waals surface area contributed by atoms with Gasteiger partial charge >= 0.3 is 5.97 Å². The number of rotatable bonds is 7. The second kappa shape index (κ2) is 9.19. The molecule has 0 bridgehead atoms. The summed E-state index contributed by atoms with van der Waals surface area (Å²) in [7, 11) is 0. The molecule has 150 valence electrons. The van der Waals surface area contributed by atoms with E-state index in [1.54, 1.807) is 30.5 Å². The van der Waals surface area contributed by atoms with Crippen LogP contribution in [0.4, 0.5) is 0 Å². The number of nitrogens with zero attached hydrogens (tertiary/aromatic N) is 1. The molecule has 1 aromatic heterocycles. The Labute approximate surface area is 169 Å². The van der Waals surface area contributed by atoms with Crippen molar-refractivity contribution < 1.29 is 18.7 Å². The zero-order chi connectivity index (χ0) is 20.8. The molecule has 29 heavy (non-hydrogen) atoms. The summed E-state index contributed by atoms with van der Waals surface area (Å²) in [5, 5.41) is 2.76. The molecule has 1 atom stereocenters. The maximum Gasteiger partial charge on any atom is 0.339 e. The van der Waals surface area contributed by atoms with Gasteiger partial charge in [-0.25, -0.2) is 9.78 Å². The highest BCUT2D eigenvalue weighted by molar-refractivity contribution is 5.97. The number of ether oxygens (including phenoxy) is 1. The number of aryl methyl sites for hydroxylation is 1. The predicted octanol–water partition coefficient (Wildman–Crippen LogP) is 4.39. The maximum atomic E-state index is 12.5. The molecule has 0 aliphatic rings. The zero-order valence-electron chi connectivity index (χ0n) is 16.8. The summed E-state index contributed by atoms with van der Waals surface area (Å²) in [6.07, 6.45) is 2.43. The first-order valence-corrected chi connectivity index (χ1v) is 9.56. The van der Waals surface area contributed by atoms with Crippen LogP contribution in [-0.2, 0) is 9.53 Å². The Balaban J connectivity index is 1.76. The van der Waals surface area contributed by atoms with Crippen LogP contribution in [0.15, 0.2) is 59.1 Å². The largest absolute Gasteiger partial charge is 0.452 e. The van der Waals surface area contributed by atoms with Gasteiger partial charge in [0.25, 0.3) is 5.91 Å². The van der Waals surface area contributed by atoms with Crippen molar-refractivity contribution in [2.45, 2.75) is 33.2 Å². The number of carbonyl (C=O) groups is 2. The second-order valence-electron chi connectivity index (χ2n) is 6.89. The van der Waals surface area contributed by atoms with Crippen molar-refractivity contribution in [2.24, 2.45) is 0 Å². The number of carbonyl (C=O) groups excluding carboxylic acids is 2. The Morgan fingerprint density at radius 1 is 1.14 bits per heavy atom. The monoisotopic (exact) mass is 392 g/mol. The number of hydrogen-bond acceptors (Lipinski definition) is 5. The fourth-order valence-electron chi connectivity index (χ4n) is 2.72. The SMILES string of the molecule is CC[C@H](C)NC(=O)COC(=O)c1ccccc1-c1ncc(-c2ccc(C)cc2)o1. The molecule has 6 heteroatoms. The highest BCUT2D eigenvalue weighted by Crippen LogP contribution is 2.28. The molecule has 0 aliphatic carbocycles. The third-order valence-electron chi connectivity index (χ3n) is 4.57. The van der Waals surface area contributed by atoms with Crippen LogP contribution in [0, 0.1) is 6.92 Å². The molecule has 3 rings (SSSR count). The molecule has 1 amide bonds. The first-order valence-electron chi connectivity index (χ1n) is 9.56. The van der Waals surface area contributed by atoms with Crippen molar-refractivity contribution in [3.8, 4) is 22.8 Å². The Morgan fingerprint density at radius 2 is 1.86 bits per heavy atom. The Hall–Kier alpha value is -3.41. The summed E-state index contributed by atoms with van der Waals surface area (Å²) in [5.41, 5.74) is 2.86. The van der Waals surface area contributed by atoms with E-state index in [0.717, 1.165) is 17.5 Å². The fraction of sp³-hybridized carbons (Fsp3) is 0.261. The number of aromatic nitrogens is 1. The summed E-state index contributed by atoms with van der Waals surface area (Å²) in [4.78, 5) is 28.7. The van der Waals surface area contributed by atoms with Gasteiger partial charge in [-0.2, -0.15) is 0 Å². The van der Waals surface area contributed by atoms with Crippen molar-refractivity contribution in [2.75, 3.05) is 6.61 Å². The normalized spacial score (nSPS) is 11.7. The number of hydrogen-bond donors (Lipinski definition) is 1. The van der Waals surface area contributed by atoms with Crippen LogP contribution in [0.1, 0.15) is 36.2 Å². The van der Waals surface area contributed by atoms with Crippen LogP contribution in [0.3, 0.4) is 0 Å². The number of benzene rings is 2. The van der Waals surface area contributed by atoms with Crippen LogP contribution in [0.25, 0.3) is 22.8 Å². The molecular formula is C23H24N2O4. The molecule has 0 saturated heterocycles. The molecule has 0 unspecified atom stereocenters.